The van der Waals surface area contributed by atoms with Crippen molar-refractivity contribution in [2.75, 3.05) is 13.7 Å². The van der Waals surface area contributed by atoms with Crippen LogP contribution in [-0.4, -0.2) is 42.2 Å². The number of halogens is 2. The van der Waals surface area contributed by atoms with Crippen LogP contribution in [0.2, 0.25) is 10.0 Å². The Morgan fingerprint density at radius 1 is 0.946 bits per heavy atom. The van der Waals surface area contributed by atoms with Gasteiger partial charge in [-0.2, -0.15) is 0 Å². The van der Waals surface area contributed by atoms with Crippen LogP contribution >= 0.6 is 23.2 Å². The zero-order valence-corrected chi connectivity index (χ0v) is 22.8. The van der Waals surface area contributed by atoms with Crippen LogP contribution in [0.15, 0.2) is 66.7 Å². The molecule has 1 aliphatic rings. The quantitative estimate of drug-likeness (QED) is 0.365. The summed E-state index contributed by atoms with van der Waals surface area (Å²) in [4.78, 5) is 27.9. The highest BCUT2D eigenvalue weighted by atomic mass is 35.5. The standard InChI is InChI=1S/C29H30Cl2N2O4/c1-29(2,3)36-17-25(27(34)32-16-18-13-14-23(30)24(31)15-18)33(4)28(35)37-26-21-11-7-5-9-19(21)20-10-6-8-12-22(20)26/h5-15,25-26H,16-17H2,1-4H3,(H,32,34)/t25-/m1/s1. The fourth-order valence-corrected chi connectivity index (χ4v) is 4.52. The van der Waals surface area contributed by atoms with Crippen LogP contribution in [0.4, 0.5) is 4.79 Å². The number of rotatable bonds is 7. The Labute approximate surface area is 227 Å². The van der Waals surface area contributed by atoms with Crippen LogP contribution in [0.1, 0.15) is 43.6 Å². The third-order valence-corrected chi connectivity index (χ3v) is 6.92. The van der Waals surface area contributed by atoms with E-state index in [1.165, 1.54) is 4.90 Å². The number of ether oxygens (including phenoxy) is 2. The fourth-order valence-electron chi connectivity index (χ4n) is 4.20. The first kappa shape index (κ1) is 27.0. The van der Waals surface area contributed by atoms with Gasteiger partial charge in [-0.15, -0.1) is 0 Å². The third kappa shape index (κ3) is 6.27. The molecule has 0 saturated heterocycles. The van der Waals surface area contributed by atoms with E-state index in [0.29, 0.717) is 10.0 Å². The lowest BCUT2D eigenvalue weighted by Gasteiger charge is -2.30. The van der Waals surface area contributed by atoms with Crippen molar-refractivity contribution in [2.24, 2.45) is 0 Å². The van der Waals surface area contributed by atoms with Crippen molar-refractivity contribution in [1.82, 2.24) is 10.2 Å². The number of hydrogen-bond acceptors (Lipinski definition) is 4. The lowest BCUT2D eigenvalue weighted by atomic mass is 10.1. The van der Waals surface area contributed by atoms with Gasteiger partial charge < -0.3 is 14.8 Å². The lowest BCUT2D eigenvalue weighted by Crippen LogP contribution is -2.51. The van der Waals surface area contributed by atoms with E-state index in [1.807, 2.05) is 69.3 Å². The SMILES string of the molecule is CN(C(=O)OC1c2ccccc2-c2ccccc21)[C@H](COC(C)(C)C)C(=O)NCc1ccc(Cl)c(Cl)c1. The molecule has 1 aliphatic carbocycles. The number of hydrogen-bond donors (Lipinski definition) is 1. The molecule has 0 saturated carbocycles. The highest BCUT2D eigenvalue weighted by Crippen LogP contribution is 2.45. The first-order valence-corrected chi connectivity index (χ1v) is 12.8. The topological polar surface area (TPSA) is 67.9 Å². The summed E-state index contributed by atoms with van der Waals surface area (Å²) in [7, 11) is 1.55. The Hall–Kier alpha value is -3.06. The number of carbonyl (C=O) groups is 2. The molecule has 0 aliphatic heterocycles. The molecule has 0 aromatic heterocycles. The fraction of sp³-hybridized carbons (Fsp3) is 0.310. The number of likely N-dealkylation sites (N-methyl/N-ethyl adjacent to an activating group) is 1. The molecule has 1 atom stereocenters. The minimum atomic E-state index is -0.915. The highest BCUT2D eigenvalue weighted by molar-refractivity contribution is 6.42. The summed E-state index contributed by atoms with van der Waals surface area (Å²) in [5.41, 5.74) is 4.17. The van der Waals surface area contributed by atoms with Crippen LogP contribution in [0, 0.1) is 0 Å². The van der Waals surface area contributed by atoms with Gasteiger partial charge in [-0.3, -0.25) is 9.69 Å². The number of benzene rings is 3. The third-order valence-electron chi connectivity index (χ3n) is 6.18. The van der Waals surface area contributed by atoms with Crippen LogP contribution in [-0.2, 0) is 20.8 Å². The van der Waals surface area contributed by atoms with E-state index < -0.39 is 23.8 Å². The second-order valence-electron chi connectivity index (χ2n) is 9.95. The molecule has 4 rings (SSSR count). The van der Waals surface area contributed by atoms with E-state index in [-0.39, 0.29) is 19.1 Å². The molecule has 3 aromatic rings. The number of amides is 2. The molecule has 2 amide bonds. The summed E-state index contributed by atoms with van der Waals surface area (Å²) >= 11 is 12.1. The Kier molecular flexibility index (Phi) is 8.12. The zero-order valence-electron chi connectivity index (χ0n) is 21.3. The summed E-state index contributed by atoms with van der Waals surface area (Å²) in [5, 5.41) is 3.71. The van der Waals surface area contributed by atoms with Gasteiger partial charge >= 0.3 is 6.09 Å². The molecule has 0 spiro atoms. The maximum Gasteiger partial charge on any atom is 0.411 e. The molecule has 0 radical (unpaired) electrons. The summed E-state index contributed by atoms with van der Waals surface area (Å²) in [6.07, 6.45) is -1.19. The average Bonchev–Trinajstić information content (AvgIpc) is 3.17. The van der Waals surface area contributed by atoms with Crippen LogP contribution in [0.3, 0.4) is 0 Å². The van der Waals surface area contributed by atoms with Crippen LogP contribution < -0.4 is 5.32 Å². The summed E-state index contributed by atoms with van der Waals surface area (Å²) < 4.78 is 11.9. The Bertz CT molecular complexity index is 1260. The maximum absolute atomic E-state index is 13.4. The van der Waals surface area contributed by atoms with E-state index in [0.717, 1.165) is 27.8 Å². The summed E-state index contributed by atoms with van der Waals surface area (Å²) in [5.74, 6) is -0.373. The Morgan fingerprint density at radius 2 is 1.54 bits per heavy atom. The van der Waals surface area contributed by atoms with E-state index >= 15 is 0 Å². The second kappa shape index (κ2) is 11.1. The molecule has 0 heterocycles. The Balaban J connectivity index is 1.51. The van der Waals surface area contributed by atoms with Gasteiger partial charge in [0.15, 0.2) is 6.10 Å². The van der Waals surface area contributed by atoms with E-state index in [1.54, 1.807) is 25.2 Å². The summed E-state index contributed by atoms with van der Waals surface area (Å²) in [6, 6.07) is 19.9. The van der Waals surface area contributed by atoms with Gasteiger partial charge in [-0.05, 0) is 49.6 Å². The first-order valence-electron chi connectivity index (χ1n) is 12.0. The molecular formula is C29H30Cl2N2O4. The van der Waals surface area contributed by atoms with E-state index in [9.17, 15) is 9.59 Å². The van der Waals surface area contributed by atoms with Crippen molar-refractivity contribution in [3.05, 3.63) is 93.5 Å². The van der Waals surface area contributed by atoms with Gasteiger partial charge in [0, 0.05) is 24.7 Å². The van der Waals surface area contributed by atoms with Gasteiger partial charge in [-0.1, -0.05) is 77.8 Å². The van der Waals surface area contributed by atoms with Crippen LogP contribution in [0.5, 0.6) is 0 Å². The van der Waals surface area contributed by atoms with Crippen molar-refractivity contribution in [3.63, 3.8) is 0 Å². The largest absolute Gasteiger partial charge is 0.436 e. The molecule has 1 N–H and O–H groups in total. The van der Waals surface area contributed by atoms with E-state index in [2.05, 4.69) is 5.32 Å². The predicted octanol–water partition coefficient (Wildman–Crippen LogP) is 6.63. The molecule has 0 fully saturated rings. The zero-order chi connectivity index (χ0) is 26.7. The molecule has 194 valence electrons. The number of nitrogens with one attached hydrogen (secondary N) is 1. The molecule has 0 unspecified atom stereocenters. The molecule has 3 aromatic carbocycles. The minimum Gasteiger partial charge on any atom is -0.436 e. The maximum atomic E-state index is 13.4. The number of fused-ring (bicyclic) bond motifs is 3. The van der Waals surface area contributed by atoms with Crippen LogP contribution in [0.25, 0.3) is 11.1 Å². The monoisotopic (exact) mass is 540 g/mol. The number of nitrogens with zero attached hydrogens (tertiary/aromatic N) is 1. The smallest absolute Gasteiger partial charge is 0.411 e. The van der Waals surface area contributed by atoms with E-state index in [4.69, 9.17) is 32.7 Å². The highest BCUT2D eigenvalue weighted by Gasteiger charge is 2.35. The van der Waals surface area contributed by atoms with Gasteiger partial charge in [0.1, 0.15) is 6.04 Å². The molecule has 37 heavy (non-hydrogen) atoms. The van der Waals surface area contributed by atoms with Gasteiger partial charge in [0.2, 0.25) is 5.91 Å². The van der Waals surface area contributed by atoms with Gasteiger partial charge in [0.25, 0.3) is 0 Å². The van der Waals surface area contributed by atoms with Gasteiger partial charge in [0.05, 0.1) is 22.3 Å². The number of carbonyl (C=O) groups excluding carboxylic acids is 2. The molecule has 0 bridgehead atoms. The van der Waals surface area contributed by atoms with Crippen molar-refractivity contribution in [2.45, 2.75) is 45.1 Å². The van der Waals surface area contributed by atoms with Crippen molar-refractivity contribution in [3.8, 4) is 11.1 Å². The Morgan fingerprint density at radius 3 is 2.11 bits per heavy atom. The van der Waals surface area contributed by atoms with Crippen molar-refractivity contribution in [1.29, 1.82) is 0 Å². The lowest BCUT2D eigenvalue weighted by molar-refractivity contribution is -0.130. The molecule has 6 nitrogen and oxygen atoms in total. The molecule has 8 heteroatoms. The van der Waals surface area contributed by atoms with Gasteiger partial charge in [-0.25, -0.2) is 4.79 Å². The average molecular weight is 541 g/mol. The normalized spacial score (nSPS) is 13.5. The van der Waals surface area contributed by atoms with Crippen molar-refractivity contribution < 1.29 is 19.1 Å². The predicted molar refractivity (Wildman–Crippen MR) is 146 cm³/mol. The minimum absolute atomic E-state index is 0.000147. The molecular weight excluding hydrogens is 511 g/mol. The first-order chi connectivity index (χ1) is 17.5. The second-order valence-corrected chi connectivity index (χ2v) is 10.8. The van der Waals surface area contributed by atoms with Crippen molar-refractivity contribution >= 4 is 35.2 Å². The summed E-state index contributed by atoms with van der Waals surface area (Å²) in [6.45, 7) is 5.89.